The summed E-state index contributed by atoms with van der Waals surface area (Å²) in [5.74, 6) is 0.456. The minimum atomic E-state index is 0.154. The molecule has 22 heavy (non-hydrogen) atoms. The normalized spacial score (nSPS) is 23.5. The second kappa shape index (κ2) is 7.75. The van der Waals surface area contributed by atoms with Crippen LogP contribution >= 0.6 is 0 Å². The standard InChI is InChI=1S/C18H25NO3/c20-18(16-8-11-21-12-9-16)19-10-13-22-17(14-19)7-6-15-4-2-1-3-5-15/h1-5,16-17H,6-14H2/t17-/m1/s1. The number of rotatable bonds is 4. The predicted molar refractivity (Wildman–Crippen MR) is 84.6 cm³/mol. The highest BCUT2D eigenvalue weighted by atomic mass is 16.5. The number of amides is 1. The Bertz CT molecular complexity index is 470. The Balaban J connectivity index is 1.49. The Morgan fingerprint density at radius 2 is 1.91 bits per heavy atom. The second-order valence-electron chi connectivity index (χ2n) is 6.19. The van der Waals surface area contributed by atoms with E-state index in [1.807, 2.05) is 11.0 Å². The van der Waals surface area contributed by atoms with E-state index in [1.165, 1.54) is 5.56 Å². The molecule has 2 saturated heterocycles. The molecule has 1 amide bonds. The molecule has 3 rings (SSSR count). The fourth-order valence-corrected chi connectivity index (χ4v) is 3.27. The van der Waals surface area contributed by atoms with Gasteiger partial charge in [0, 0.05) is 32.2 Å². The van der Waals surface area contributed by atoms with Crippen molar-refractivity contribution in [2.24, 2.45) is 5.92 Å². The molecule has 1 aromatic rings. The Morgan fingerprint density at radius 3 is 2.68 bits per heavy atom. The van der Waals surface area contributed by atoms with Crippen LogP contribution in [0.2, 0.25) is 0 Å². The molecule has 4 nitrogen and oxygen atoms in total. The number of benzene rings is 1. The molecule has 0 aromatic heterocycles. The van der Waals surface area contributed by atoms with Gasteiger partial charge in [0.15, 0.2) is 0 Å². The molecule has 2 fully saturated rings. The number of carbonyl (C=O) groups excluding carboxylic acids is 1. The Morgan fingerprint density at radius 1 is 1.14 bits per heavy atom. The zero-order valence-corrected chi connectivity index (χ0v) is 13.1. The van der Waals surface area contributed by atoms with Gasteiger partial charge in [0.1, 0.15) is 0 Å². The first-order chi connectivity index (χ1) is 10.8. The van der Waals surface area contributed by atoms with Gasteiger partial charge in [0.25, 0.3) is 0 Å². The van der Waals surface area contributed by atoms with Gasteiger partial charge >= 0.3 is 0 Å². The monoisotopic (exact) mass is 303 g/mol. The van der Waals surface area contributed by atoms with Gasteiger partial charge in [0.05, 0.1) is 12.7 Å². The zero-order chi connectivity index (χ0) is 15.2. The average Bonchev–Trinajstić information content (AvgIpc) is 2.61. The lowest BCUT2D eigenvalue weighted by molar-refractivity contribution is -0.146. The van der Waals surface area contributed by atoms with E-state index in [0.29, 0.717) is 12.5 Å². The number of nitrogens with zero attached hydrogens (tertiary/aromatic N) is 1. The van der Waals surface area contributed by atoms with Crippen LogP contribution in [0.5, 0.6) is 0 Å². The van der Waals surface area contributed by atoms with Gasteiger partial charge < -0.3 is 14.4 Å². The van der Waals surface area contributed by atoms with Crippen molar-refractivity contribution < 1.29 is 14.3 Å². The van der Waals surface area contributed by atoms with Gasteiger partial charge in [-0.2, -0.15) is 0 Å². The van der Waals surface area contributed by atoms with Crippen molar-refractivity contribution in [1.82, 2.24) is 4.90 Å². The van der Waals surface area contributed by atoms with Crippen molar-refractivity contribution in [3.8, 4) is 0 Å². The molecular formula is C18H25NO3. The molecule has 2 aliphatic heterocycles. The number of hydrogen-bond donors (Lipinski definition) is 0. The van der Waals surface area contributed by atoms with Gasteiger partial charge in [0.2, 0.25) is 5.91 Å². The fourth-order valence-electron chi connectivity index (χ4n) is 3.27. The van der Waals surface area contributed by atoms with Crippen LogP contribution in [0.3, 0.4) is 0 Å². The minimum Gasteiger partial charge on any atom is -0.381 e. The highest BCUT2D eigenvalue weighted by Gasteiger charge is 2.30. The highest BCUT2D eigenvalue weighted by molar-refractivity contribution is 5.79. The summed E-state index contributed by atoms with van der Waals surface area (Å²) >= 11 is 0. The van der Waals surface area contributed by atoms with E-state index >= 15 is 0 Å². The van der Waals surface area contributed by atoms with Crippen LogP contribution in [-0.4, -0.2) is 49.8 Å². The quantitative estimate of drug-likeness (QED) is 0.856. The van der Waals surface area contributed by atoms with Crippen LogP contribution in [0.4, 0.5) is 0 Å². The number of carbonyl (C=O) groups is 1. The Labute approximate surface area is 132 Å². The molecule has 120 valence electrons. The van der Waals surface area contributed by atoms with Crippen molar-refractivity contribution in [3.63, 3.8) is 0 Å². The van der Waals surface area contributed by atoms with Crippen molar-refractivity contribution in [2.45, 2.75) is 31.8 Å². The van der Waals surface area contributed by atoms with E-state index in [9.17, 15) is 4.79 Å². The summed E-state index contributed by atoms with van der Waals surface area (Å²) in [5.41, 5.74) is 1.33. The van der Waals surface area contributed by atoms with Gasteiger partial charge in [-0.15, -0.1) is 0 Å². The maximum absolute atomic E-state index is 12.6. The lowest BCUT2D eigenvalue weighted by Gasteiger charge is -2.36. The van der Waals surface area contributed by atoms with E-state index in [4.69, 9.17) is 9.47 Å². The summed E-state index contributed by atoms with van der Waals surface area (Å²) < 4.78 is 11.2. The molecule has 1 aromatic carbocycles. The Kier molecular flexibility index (Phi) is 5.46. The van der Waals surface area contributed by atoms with E-state index < -0.39 is 0 Å². The summed E-state index contributed by atoms with van der Waals surface area (Å²) in [4.78, 5) is 14.6. The third-order valence-corrected chi connectivity index (χ3v) is 4.62. The first kappa shape index (κ1) is 15.5. The zero-order valence-electron chi connectivity index (χ0n) is 13.1. The lowest BCUT2D eigenvalue weighted by atomic mass is 9.98. The number of hydrogen-bond acceptors (Lipinski definition) is 3. The molecule has 0 saturated carbocycles. The van der Waals surface area contributed by atoms with Crippen molar-refractivity contribution in [3.05, 3.63) is 35.9 Å². The molecule has 0 radical (unpaired) electrons. The summed E-state index contributed by atoms with van der Waals surface area (Å²) in [6.07, 6.45) is 3.88. The second-order valence-corrected chi connectivity index (χ2v) is 6.19. The smallest absolute Gasteiger partial charge is 0.226 e. The topological polar surface area (TPSA) is 38.8 Å². The van der Waals surface area contributed by atoms with E-state index in [2.05, 4.69) is 24.3 Å². The average molecular weight is 303 g/mol. The van der Waals surface area contributed by atoms with Gasteiger partial charge in [-0.3, -0.25) is 4.79 Å². The predicted octanol–water partition coefficient (Wildman–Crippen LogP) is 2.27. The summed E-state index contributed by atoms with van der Waals surface area (Å²) in [6.45, 7) is 3.58. The SMILES string of the molecule is O=C(C1CCOCC1)N1CCO[C@H](CCc2ccccc2)C1. The van der Waals surface area contributed by atoms with Crippen LogP contribution in [0.25, 0.3) is 0 Å². The summed E-state index contributed by atoms with van der Waals surface area (Å²) in [7, 11) is 0. The molecule has 2 heterocycles. The van der Waals surface area contributed by atoms with E-state index in [-0.39, 0.29) is 12.0 Å². The van der Waals surface area contributed by atoms with Gasteiger partial charge in [-0.25, -0.2) is 0 Å². The molecule has 0 unspecified atom stereocenters. The van der Waals surface area contributed by atoms with Crippen molar-refractivity contribution in [1.29, 1.82) is 0 Å². The van der Waals surface area contributed by atoms with E-state index in [1.54, 1.807) is 0 Å². The van der Waals surface area contributed by atoms with Gasteiger partial charge in [-0.1, -0.05) is 30.3 Å². The van der Waals surface area contributed by atoms with Crippen LogP contribution in [0, 0.1) is 5.92 Å². The van der Waals surface area contributed by atoms with Crippen LogP contribution in [0.15, 0.2) is 30.3 Å². The molecule has 0 N–H and O–H groups in total. The summed E-state index contributed by atoms with van der Waals surface area (Å²) in [6, 6.07) is 10.5. The third kappa shape index (κ3) is 4.08. The van der Waals surface area contributed by atoms with Crippen molar-refractivity contribution >= 4 is 5.91 Å². The number of aryl methyl sites for hydroxylation is 1. The maximum atomic E-state index is 12.6. The fraction of sp³-hybridized carbons (Fsp3) is 0.611. The van der Waals surface area contributed by atoms with Crippen LogP contribution in [0.1, 0.15) is 24.8 Å². The highest BCUT2D eigenvalue weighted by Crippen LogP contribution is 2.20. The molecule has 0 spiro atoms. The first-order valence-electron chi connectivity index (χ1n) is 8.35. The number of morpholine rings is 1. The lowest BCUT2D eigenvalue weighted by Crippen LogP contribution is -2.48. The number of ether oxygens (including phenoxy) is 2. The van der Waals surface area contributed by atoms with E-state index in [0.717, 1.165) is 52.0 Å². The van der Waals surface area contributed by atoms with Crippen LogP contribution < -0.4 is 0 Å². The van der Waals surface area contributed by atoms with Crippen molar-refractivity contribution in [2.75, 3.05) is 32.9 Å². The first-order valence-corrected chi connectivity index (χ1v) is 8.35. The minimum absolute atomic E-state index is 0.154. The molecule has 2 aliphatic rings. The molecule has 0 bridgehead atoms. The third-order valence-electron chi connectivity index (χ3n) is 4.62. The molecule has 1 atom stereocenters. The maximum Gasteiger partial charge on any atom is 0.226 e. The Hall–Kier alpha value is -1.39. The summed E-state index contributed by atoms with van der Waals surface area (Å²) in [5, 5.41) is 0. The van der Waals surface area contributed by atoms with Gasteiger partial charge in [-0.05, 0) is 31.2 Å². The molecule has 4 heteroatoms. The largest absolute Gasteiger partial charge is 0.381 e. The molecule has 0 aliphatic carbocycles. The van der Waals surface area contributed by atoms with Crippen LogP contribution in [-0.2, 0) is 20.7 Å². The molecular weight excluding hydrogens is 278 g/mol.